The van der Waals surface area contributed by atoms with Crippen molar-refractivity contribution >= 4 is 0 Å². The molecule has 3 unspecified atom stereocenters. The van der Waals surface area contributed by atoms with E-state index in [0.717, 1.165) is 6.42 Å². The summed E-state index contributed by atoms with van der Waals surface area (Å²) in [6, 6.07) is 6.83. The fourth-order valence-electron chi connectivity index (χ4n) is 2.43. The molecule has 0 spiro atoms. The Morgan fingerprint density at radius 3 is 2.35 bits per heavy atom. The third-order valence-electron chi connectivity index (χ3n) is 3.71. The van der Waals surface area contributed by atoms with Crippen LogP contribution in [0, 0.1) is 11.8 Å². The molecule has 0 aromatic heterocycles. The number of benzene rings is 1. The number of aliphatic hydroxyl groups excluding tert-OH is 4. The summed E-state index contributed by atoms with van der Waals surface area (Å²) in [7, 11) is 0. The van der Waals surface area contributed by atoms with Crippen molar-refractivity contribution in [2.75, 3.05) is 13.2 Å². The van der Waals surface area contributed by atoms with Gasteiger partial charge in [-0.25, -0.2) is 0 Å². The molecule has 1 aromatic rings. The van der Waals surface area contributed by atoms with E-state index in [2.05, 4.69) is 11.8 Å². The average Bonchev–Trinajstić information content (AvgIpc) is 2.58. The van der Waals surface area contributed by atoms with Crippen LogP contribution in [0.15, 0.2) is 24.3 Å². The Bertz CT molecular complexity index is 544. The summed E-state index contributed by atoms with van der Waals surface area (Å²) >= 11 is 0. The van der Waals surface area contributed by atoms with Crippen molar-refractivity contribution in [2.45, 2.75) is 43.9 Å². The molecular weight excluding hydrogens is 300 g/mol. The summed E-state index contributed by atoms with van der Waals surface area (Å²) in [6.07, 6.45) is -5.00. The Hall–Kier alpha value is -1.62. The third-order valence-corrected chi connectivity index (χ3v) is 3.71. The second-order valence-electron chi connectivity index (χ2n) is 5.31. The van der Waals surface area contributed by atoms with Gasteiger partial charge >= 0.3 is 0 Å². The van der Waals surface area contributed by atoms with Crippen LogP contribution in [0.5, 0.6) is 5.75 Å². The topological polar surface area (TPSA) is 99.4 Å². The van der Waals surface area contributed by atoms with E-state index in [4.69, 9.17) is 9.47 Å². The van der Waals surface area contributed by atoms with Crippen molar-refractivity contribution < 1.29 is 29.9 Å². The Morgan fingerprint density at radius 2 is 1.74 bits per heavy atom. The molecule has 0 amide bonds. The lowest BCUT2D eigenvalue weighted by Crippen LogP contribution is -2.55. The van der Waals surface area contributed by atoms with E-state index in [0.29, 0.717) is 17.9 Å². The molecule has 1 aliphatic heterocycles. The molecule has 1 aliphatic rings. The molecule has 1 fully saturated rings. The Balaban J connectivity index is 2.05. The van der Waals surface area contributed by atoms with Crippen LogP contribution in [0.3, 0.4) is 0 Å². The van der Waals surface area contributed by atoms with Gasteiger partial charge < -0.3 is 29.9 Å². The van der Waals surface area contributed by atoms with Crippen molar-refractivity contribution in [2.24, 2.45) is 0 Å². The first-order valence-electron chi connectivity index (χ1n) is 7.57. The molecule has 2 rings (SSSR count). The normalized spacial score (nSPS) is 30.4. The van der Waals surface area contributed by atoms with Crippen molar-refractivity contribution in [3.63, 3.8) is 0 Å². The minimum Gasteiger partial charge on any atom is -0.481 e. The number of hydrogen-bond acceptors (Lipinski definition) is 6. The summed E-state index contributed by atoms with van der Waals surface area (Å²) in [5.41, 5.74) is 0.619. The van der Waals surface area contributed by atoms with Gasteiger partial charge in [0.15, 0.2) is 0 Å². The highest BCUT2D eigenvalue weighted by molar-refractivity contribution is 5.30. The molecule has 23 heavy (non-hydrogen) atoms. The fourth-order valence-corrected chi connectivity index (χ4v) is 2.43. The molecular formula is C17H22O6. The van der Waals surface area contributed by atoms with Crippen molar-refractivity contribution in [1.29, 1.82) is 0 Å². The molecule has 1 aromatic carbocycles. The van der Waals surface area contributed by atoms with E-state index >= 15 is 0 Å². The molecule has 126 valence electrons. The quantitative estimate of drug-likeness (QED) is 0.582. The van der Waals surface area contributed by atoms with E-state index < -0.39 is 37.1 Å². The molecule has 1 heterocycles. The summed E-state index contributed by atoms with van der Waals surface area (Å²) < 4.78 is 10.9. The van der Waals surface area contributed by atoms with Crippen LogP contribution < -0.4 is 4.74 Å². The first-order valence-corrected chi connectivity index (χ1v) is 7.57. The van der Waals surface area contributed by atoms with Crippen molar-refractivity contribution in [1.82, 2.24) is 0 Å². The molecule has 4 N–H and O–H groups in total. The standard InChI is InChI=1S/C17H22O6/c1-2-3-4-9-22-12-7-5-11(6-8-12)17-16(21)15(20)14(19)13(10-18)23-17/h5-8,13-21H,2,9-10H2,1H3/t13?,14-,15?,16?,17-/m1/s1. The molecule has 6 nitrogen and oxygen atoms in total. The average molecular weight is 322 g/mol. The van der Waals surface area contributed by atoms with Gasteiger partial charge in [-0.05, 0) is 17.7 Å². The highest BCUT2D eigenvalue weighted by Gasteiger charge is 2.43. The van der Waals surface area contributed by atoms with Crippen LogP contribution in [-0.4, -0.2) is 58.1 Å². The van der Waals surface area contributed by atoms with Gasteiger partial charge in [0.25, 0.3) is 0 Å². The number of hydrogen-bond donors (Lipinski definition) is 4. The zero-order valence-corrected chi connectivity index (χ0v) is 12.9. The predicted molar refractivity (Wildman–Crippen MR) is 82.7 cm³/mol. The van der Waals surface area contributed by atoms with E-state index in [1.807, 2.05) is 6.92 Å². The summed E-state index contributed by atoms with van der Waals surface area (Å²) in [4.78, 5) is 0. The van der Waals surface area contributed by atoms with Gasteiger partial charge in [-0.2, -0.15) is 0 Å². The highest BCUT2D eigenvalue weighted by atomic mass is 16.5. The molecule has 1 saturated heterocycles. The van der Waals surface area contributed by atoms with Gasteiger partial charge in [-0.1, -0.05) is 25.0 Å². The molecule has 0 saturated carbocycles. The minimum absolute atomic E-state index is 0.299. The third kappa shape index (κ3) is 4.22. The Morgan fingerprint density at radius 1 is 1.04 bits per heavy atom. The lowest BCUT2D eigenvalue weighted by molar-refractivity contribution is -0.231. The lowest BCUT2D eigenvalue weighted by atomic mass is 9.91. The van der Waals surface area contributed by atoms with Crippen molar-refractivity contribution in [3.05, 3.63) is 29.8 Å². The smallest absolute Gasteiger partial charge is 0.149 e. The van der Waals surface area contributed by atoms with E-state index in [1.54, 1.807) is 24.3 Å². The second kappa shape index (κ2) is 8.29. The first-order chi connectivity index (χ1) is 11.1. The van der Waals surface area contributed by atoms with Gasteiger partial charge in [0, 0.05) is 6.42 Å². The SMILES string of the molecule is CCC#CCOc1ccc([C@H]2OC(CO)[C@@H](O)C(O)C2O)cc1. The van der Waals surface area contributed by atoms with E-state index in [-0.39, 0.29) is 0 Å². The van der Waals surface area contributed by atoms with Gasteiger partial charge in [0.05, 0.1) is 6.61 Å². The first kappa shape index (κ1) is 17.7. The number of aliphatic hydroxyl groups is 4. The summed E-state index contributed by atoms with van der Waals surface area (Å²) in [5, 5.41) is 38.9. The molecule has 0 radical (unpaired) electrons. The largest absolute Gasteiger partial charge is 0.481 e. The van der Waals surface area contributed by atoms with Crippen LogP contribution in [0.1, 0.15) is 25.0 Å². The van der Waals surface area contributed by atoms with E-state index in [9.17, 15) is 20.4 Å². The maximum atomic E-state index is 10.1. The minimum atomic E-state index is -1.38. The zero-order chi connectivity index (χ0) is 16.8. The van der Waals surface area contributed by atoms with Crippen molar-refractivity contribution in [3.8, 4) is 17.6 Å². The summed E-state index contributed by atoms with van der Waals surface area (Å²) in [5.74, 6) is 6.40. The predicted octanol–water partition coefficient (Wildman–Crippen LogP) is -0.00630. The van der Waals surface area contributed by atoms with Gasteiger partial charge in [-0.3, -0.25) is 0 Å². The molecule has 5 atom stereocenters. The van der Waals surface area contributed by atoms with Crippen LogP contribution in [0.2, 0.25) is 0 Å². The maximum absolute atomic E-state index is 10.1. The monoisotopic (exact) mass is 322 g/mol. The number of ether oxygens (including phenoxy) is 2. The van der Waals surface area contributed by atoms with E-state index in [1.165, 1.54) is 0 Å². The summed E-state index contributed by atoms with van der Waals surface area (Å²) in [6.45, 7) is 1.81. The maximum Gasteiger partial charge on any atom is 0.149 e. The van der Waals surface area contributed by atoms with Gasteiger partial charge in [0.2, 0.25) is 0 Å². The zero-order valence-electron chi connectivity index (χ0n) is 12.9. The number of rotatable bonds is 4. The van der Waals surface area contributed by atoms with Crippen LogP contribution in [0.4, 0.5) is 0 Å². The molecule has 0 aliphatic carbocycles. The Labute approximate surface area is 135 Å². The van der Waals surface area contributed by atoms with Gasteiger partial charge in [-0.15, -0.1) is 5.92 Å². The van der Waals surface area contributed by atoms with Crippen LogP contribution in [0.25, 0.3) is 0 Å². The Kier molecular flexibility index (Phi) is 6.39. The fraction of sp³-hybridized carbons (Fsp3) is 0.529. The van der Waals surface area contributed by atoms with Crippen LogP contribution >= 0.6 is 0 Å². The molecule has 0 bridgehead atoms. The second-order valence-corrected chi connectivity index (χ2v) is 5.31. The highest BCUT2D eigenvalue weighted by Crippen LogP contribution is 2.32. The van der Waals surface area contributed by atoms with Gasteiger partial charge in [0.1, 0.15) is 42.9 Å². The lowest BCUT2D eigenvalue weighted by Gasteiger charge is -2.40. The molecule has 6 heteroatoms. The van der Waals surface area contributed by atoms with Crippen LogP contribution in [-0.2, 0) is 4.74 Å².